The van der Waals surface area contributed by atoms with Crippen LogP contribution in [-0.2, 0) is 18.3 Å². The van der Waals surface area contributed by atoms with Crippen molar-refractivity contribution in [2.75, 3.05) is 7.05 Å². The molecular formula is C18H25Cl2N3O. The molecule has 1 aromatic heterocycles. The molecule has 1 saturated carbocycles. The van der Waals surface area contributed by atoms with Crippen LogP contribution < -0.4 is 5.32 Å². The van der Waals surface area contributed by atoms with Crippen molar-refractivity contribution >= 4 is 24.0 Å². The van der Waals surface area contributed by atoms with Crippen LogP contribution >= 0.6 is 24.0 Å². The predicted molar refractivity (Wildman–Crippen MR) is 99.1 cm³/mol. The molecule has 1 aliphatic carbocycles. The molecule has 1 heterocycles. The molecule has 6 heteroatoms. The van der Waals surface area contributed by atoms with Crippen molar-refractivity contribution in [1.29, 1.82) is 0 Å². The highest BCUT2D eigenvalue weighted by molar-refractivity contribution is 6.30. The number of rotatable bonds is 6. The summed E-state index contributed by atoms with van der Waals surface area (Å²) in [6.45, 7) is 2.12. The van der Waals surface area contributed by atoms with Crippen LogP contribution in [0.5, 0.6) is 0 Å². The van der Waals surface area contributed by atoms with Gasteiger partial charge in [0.2, 0.25) is 5.89 Å². The first kappa shape index (κ1) is 19.2. The van der Waals surface area contributed by atoms with Crippen molar-refractivity contribution in [2.24, 2.45) is 0 Å². The smallest absolute Gasteiger partial charge is 0.233 e. The minimum absolute atomic E-state index is 0. The van der Waals surface area contributed by atoms with E-state index in [0.717, 1.165) is 42.4 Å². The van der Waals surface area contributed by atoms with Gasteiger partial charge in [0, 0.05) is 17.5 Å². The lowest BCUT2D eigenvalue weighted by atomic mass is 9.80. The normalized spacial score (nSPS) is 17.5. The van der Waals surface area contributed by atoms with E-state index in [1.807, 2.05) is 25.2 Å². The molecule has 1 aliphatic rings. The van der Waals surface area contributed by atoms with Crippen LogP contribution in [0.4, 0.5) is 0 Å². The second-order valence-corrected chi connectivity index (χ2v) is 7.14. The molecule has 0 bridgehead atoms. The Kier molecular flexibility index (Phi) is 6.67. The Balaban J connectivity index is 0.00000208. The van der Waals surface area contributed by atoms with Gasteiger partial charge >= 0.3 is 0 Å². The summed E-state index contributed by atoms with van der Waals surface area (Å²) in [6.07, 6.45) is 6.33. The van der Waals surface area contributed by atoms with Crippen LogP contribution in [0, 0.1) is 0 Å². The third-order valence-corrected chi connectivity index (χ3v) is 5.13. The summed E-state index contributed by atoms with van der Waals surface area (Å²) in [5.74, 6) is 1.59. The molecule has 2 aromatic rings. The van der Waals surface area contributed by atoms with Crippen molar-refractivity contribution in [3.05, 3.63) is 46.6 Å². The maximum absolute atomic E-state index is 6.14. The van der Waals surface area contributed by atoms with Crippen LogP contribution in [0.2, 0.25) is 5.02 Å². The van der Waals surface area contributed by atoms with Gasteiger partial charge in [-0.3, -0.25) is 0 Å². The Morgan fingerprint density at radius 1 is 1.33 bits per heavy atom. The van der Waals surface area contributed by atoms with Gasteiger partial charge in [-0.2, -0.15) is 4.98 Å². The van der Waals surface area contributed by atoms with E-state index in [2.05, 4.69) is 23.5 Å². The maximum atomic E-state index is 6.14. The van der Waals surface area contributed by atoms with Crippen LogP contribution in [0.15, 0.2) is 28.8 Å². The quantitative estimate of drug-likeness (QED) is 0.821. The SMILES string of the molecule is CNC(C)Cc1noc(C2(Cc3cccc(Cl)c3)CCCC2)n1.Cl. The van der Waals surface area contributed by atoms with E-state index >= 15 is 0 Å². The lowest BCUT2D eigenvalue weighted by molar-refractivity contribution is 0.276. The lowest BCUT2D eigenvalue weighted by Gasteiger charge is -2.24. The molecule has 0 amide bonds. The third-order valence-electron chi connectivity index (χ3n) is 4.90. The summed E-state index contributed by atoms with van der Waals surface area (Å²) >= 11 is 6.14. The number of hydrogen-bond acceptors (Lipinski definition) is 4. The largest absolute Gasteiger partial charge is 0.339 e. The number of benzene rings is 1. The van der Waals surface area contributed by atoms with Crippen LogP contribution in [0.1, 0.15) is 49.9 Å². The molecule has 3 rings (SSSR count). The van der Waals surface area contributed by atoms with Crippen molar-refractivity contribution in [3.8, 4) is 0 Å². The Morgan fingerprint density at radius 3 is 2.75 bits per heavy atom. The zero-order valence-corrected chi connectivity index (χ0v) is 15.8. The second kappa shape index (κ2) is 8.32. The average molecular weight is 370 g/mol. The van der Waals surface area contributed by atoms with E-state index in [1.54, 1.807) is 0 Å². The maximum Gasteiger partial charge on any atom is 0.233 e. The van der Waals surface area contributed by atoms with Crippen LogP contribution in [0.3, 0.4) is 0 Å². The predicted octanol–water partition coefficient (Wildman–Crippen LogP) is 4.35. The summed E-state index contributed by atoms with van der Waals surface area (Å²) in [6, 6.07) is 8.44. The summed E-state index contributed by atoms with van der Waals surface area (Å²) in [5.41, 5.74) is 1.21. The number of likely N-dealkylation sites (N-methyl/N-ethyl adjacent to an activating group) is 1. The molecule has 4 nitrogen and oxygen atoms in total. The summed E-state index contributed by atoms with van der Waals surface area (Å²) in [4.78, 5) is 4.72. The van der Waals surface area contributed by atoms with Gasteiger partial charge in [0.15, 0.2) is 5.82 Å². The van der Waals surface area contributed by atoms with Gasteiger partial charge in [0.05, 0.1) is 5.41 Å². The molecule has 1 N–H and O–H groups in total. The molecular weight excluding hydrogens is 345 g/mol. The summed E-state index contributed by atoms with van der Waals surface area (Å²) in [7, 11) is 1.95. The fourth-order valence-electron chi connectivity index (χ4n) is 3.48. The van der Waals surface area contributed by atoms with Crippen molar-refractivity contribution in [2.45, 2.75) is 56.9 Å². The topological polar surface area (TPSA) is 51.0 Å². The van der Waals surface area contributed by atoms with Gasteiger partial charge in [-0.25, -0.2) is 0 Å². The Morgan fingerprint density at radius 2 is 2.08 bits per heavy atom. The van der Waals surface area contributed by atoms with Crippen molar-refractivity contribution in [3.63, 3.8) is 0 Å². The summed E-state index contributed by atoms with van der Waals surface area (Å²) < 4.78 is 5.68. The van der Waals surface area contributed by atoms with E-state index in [0.29, 0.717) is 6.04 Å². The molecule has 1 fully saturated rings. The summed E-state index contributed by atoms with van der Waals surface area (Å²) in [5, 5.41) is 8.19. The molecule has 132 valence electrons. The Labute approximate surface area is 154 Å². The molecule has 24 heavy (non-hydrogen) atoms. The standard InChI is InChI=1S/C18H24ClN3O.ClH/c1-13(20-2)10-16-21-17(23-22-16)18(8-3-4-9-18)12-14-6-5-7-15(19)11-14;/h5-7,11,13,20H,3-4,8-10,12H2,1-2H3;1H. The molecule has 0 saturated heterocycles. The first-order chi connectivity index (χ1) is 11.1. The number of aromatic nitrogens is 2. The highest BCUT2D eigenvalue weighted by atomic mass is 35.5. The monoisotopic (exact) mass is 369 g/mol. The highest BCUT2D eigenvalue weighted by Gasteiger charge is 2.41. The fourth-order valence-corrected chi connectivity index (χ4v) is 3.70. The van der Waals surface area contributed by atoms with E-state index in [4.69, 9.17) is 21.1 Å². The van der Waals surface area contributed by atoms with Gasteiger partial charge in [-0.15, -0.1) is 12.4 Å². The average Bonchev–Trinajstić information content (AvgIpc) is 3.17. The highest BCUT2D eigenvalue weighted by Crippen LogP contribution is 2.43. The third kappa shape index (κ3) is 4.29. The number of halogens is 2. The number of hydrogen-bond donors (Lipinski definition) is 1. The second-order valence-electron chi connectivity index (χ2n) is 6.70. The zero-order valence-electron chi connectivity index (χ0n) is 14.2. The Bertz CT molecular complexity index is 653. The minimum atomic E-state index is -0.0290. The number of nitrogens with one attached hydrogen (secondary N) is 1. The van der Waals surface area contributed by atoms with Gasteiger partial charge in [0.1, 0.15) is 0 Å². The van der Waals surface area contributed by atoms with Gasteiger partial charge < -0.3 is 9.84 Å². The molecule has 0 aliphatic heterocycles. The first-order valence-electron chi connectivity index (χ1n) is 8.36. The number of nitrogens with zero attached hydrogens (tertiary/aromatic N) is 2. The molecule has 0 spiro atoms. The minimum Gasteiger partial charge on any atom is -0.339 e. The zero-order chi connectivity index (χ0) is 16.3. The Hall–Kier alpha value is -1.10. The van der Waals surface area contributed by atoms with Crippen molar-refractivity contribution in [1.82, 2.24) is 15.5 Å². The van der Waals surface area contributed by atoms with E-state index in [9.17, 15) is 0 Å². The van der Waals surface area contributed by atoms with Crippen LogP contribution in [0.25, 0.3) is 0 Å². The van der Waals surface area contributed by atoms with E-state index in [1.165, 1.54) is 18.4 Å². The first-order valence-corrected chi connectivity index (χ1v) is 8.74. The van der Waals surface area contributed by atoms with Crippen molar-refractivity contribution < 1.29 is 4.52 Å². The van der Waals surface area contributed by atoms with Gasteiger partial charge in [0.25, 0.3) is 0 Å². The fraction of sp³-hybridized carbons (Fsp3) is 0.556. The van der Waals surface area contributed by atoms with E-state index in [-0.39, 0.29) is 17.8 Å². The molecule has 1 atom stereocenters. The lowest BCUT2D eigenvalue weighted by Crippen LogP contribution is -2.26. The van der Waals surface area contributed by atoms with Crippen LogP contribution in [-0.4, -0.2) is 23.2 Å². The molecule has 1 aromatic carbocycles. The van der Waals surface area contributed by atoms with Gasteiger partial charge in [-0.05, 0) is 50.9 Å². The van der Waals surface area contributed by atoms with E-state index < -0.39 is 0 Å². The molecule has 0 radical (unpaired) electrons. The van der Waals surface area contributed by atoms with Gasteiger partial charge in [-0.1, -0.05) is 41.7 Å². The molecule has 1 unspecified atom stereocenters.